The molecule has 2 bridgehead atoms. The maximum absolute atomic E-state index is 12.4. The summed E-state index contributed by atoms with van der Waals surface area (Å²) in [5.41, 5.74) is 3.24. The Bertz CT molecular complexity index is 753. The molecule has 5 aliphatic rings. The van der Waals surface area contributed by atoms with Crippen molar-refractivity contribution in [1.82, 2.24) is 10.2 Å². The van der Waals surface area contributed by atoms with Gasteiger partial charge in [0.05, 0.1) is 6.04 Å². The Morgan fingerprint density at radius 1 is 1.07 bits per heavy atom. The largest absolute Gasteiger partial charge is 0.349 e. The fourth-order valence-corrected chi connectivity index (χ4v) is 7.07. The zero-order chi connectivity index (χ0) is 18.0. The Morgan fingerprint density at radius 3 is 2.59 bits per heavy atom. The van der Waals surface area contributed by atoms with Crippen LogP contribution in [0.25, 0.3) is 0 Å². The average Bonchev–Trinajstić information content (AvgIpc) is 3.24. The van der Waals surface area contributed by atoms with Gasteiger partial charge in [-0.1, -0.05) is 30.7 Å². The summed E-state index contributed by atoms with van der Waals surface area (Å²) < 4.78 is 0. The van der Waals surface area contributed by atoms with Gasteiger partial charge in [0.15, 0.2) is 0 Å². The number of piperidine rings is 1. The molecule has 1 spiro atoms. The highest BCUT2D eigenvalue weighted by Gasteiger charge is 2.49. The number of fused-ring (bicyclic) bond motifs is 4. The molecule has 146 valence electrons. The van der Waals surface area contributed by atoms with Crippen LogP contribution in [0.4, 0.5) is 0 Å². The third kappa shape index (κ3) is 2.68. The zero-order valence-corrected chi connectivity index (χ0v) is 16.3. The third-order valence-corrected chi connectivity index (χ3v) is 8.69. The number of carbonyl (C=O) groups is 1. The molecule has 1 heterocycles. The molecule has 0 unspecified atom stereocenters. The first-order valence-electron chi connectivity index (χ1n) is 11.4. The SMILES string of the molecule is O=C(N[C@H]1CC2(CCN([C@@H]3C[C@@H]4CC[C@@H]3C4)CC2)c2ccccc21)C1CC1.[HH]. The Labute approximate surface area is 164 Å². The highest BCUT2D eigenvalue weighted by Crippen LogP contribution is 2.53. The summed E-state index contributed by atoms with van der Waals surface area (Å²) in [6.45, 7) is 2.51. The molecule has 3 nitrogen and oxygen atoms in total. The molecular formula is C24H34N2O. The first-order valence-corrected chi connectivity index (χ1v) is 11.4. The summed E-state index contributed by atoms with van der Waals surface area (Å²) in [7, 11) is 0. The van der Waals surface area contributed by atoms with Gasteiger partial charge >= 0.3 is 0 Å². The van der Waals surface area contributed by atoms with Gasteiger partial charge in [-0.3, -0.25) is 4.79 Å². The van der Waals surface area contributed by atoms with Gasteiger partial charge in [0, 0.05) is 18.8 Å². The predicted octanol–water partition coefficient (Wildman–Crippen LogP) is 4.43. The van der Waals surface area contributed by atoms with E-state index in [1.807, 2.05) is 0 Å². The van der Waals surface area contributed by atoms with Gasteiger partial charge in [-0.05, 0) is 87.4 Å². The van der Waals surface area contributed by atoms with Crippen LogP contribution in [-0.2, 0) is 10.2 Å². The summed E-state index contributed by atoms with van der Waals surface area (Å²) in [6.07, 6.45) is 11.8. The fraction of sp³-hybridized carbons (Fsp3) is 0.708. The quantitative estimate of drug-likeness (QED) is 0.858. The lowest BCUT2D eigenvalue weighted by Crippen LogP contribution is -2.48. The highest BCUT2D eigenvalue weighted by molar-refractivity contribution is 5.81. The molecule has 1 aromatic rings. The van der Waals surface area contributed by atoms with Crippen LogP contribution in [0.3, 0.4) is 0 Å². The second-order valence-corrected chi connectivity index (χ2v) is 10.2. The topological polar surface area (TPSA) is 32.3 Å². The second kappa shape index (κ2) is 6.07. The van der Waals surface area contributed by atoms with Crippen molar-refractivity contribution in [3.63, 3.8) is 0 Å². The number of hydrogen-bond acceptors (Lipinski definition) is 2. The Morgan fingerprint density at radius 2 is 1.89 bits per heavy atom. The minimum absolute atomic E-state index is 0. The van der Waals surface area contributed by atoms with Crippen LogP contribution in [0.5, 0.6) is 0 Å². The molecule has 0 radical (unpaired) electrons. The van der Waals surface area contributed by atoms with E-state index in [0.717, 1.165) is 37.1 Å². The van der Waals surface area contributed by atoms with Gasteiger partial charge in [0.1, 0.15) is 0 Å². The number of benzene rings is 1. The molecular weight excluding hydrogens is 332 g/mol. The van der Waals surface area contributed by atoms with Crippen molar-refractivity contribution >= 4 is 5.91 Å². The van der Waals surface area contributed by atoms with Crippen molar-refractivity contribution in [2.24, 2.45) is 17.8 Å². The van der Waals surface area contributed by atoms with Crippen LogP contribution >= 0.6 is 0 Å². The lowest BCUT2D eigenvalue weighted by molar-refractivity contribution is -0.123. The summed E-state index contributed by atoms with van der Waals surface area (Å²) in [4.78, 5) is 15.3. The first-order chi connectivity index (χ1) is 13.2. The molecule has 6 rings (SSSR count). The molecule has 1 saturated heterocycles. The van der Waals surface area contributed by atoms with E-state index in [2.05, 4.69) is 34.5 Å². The van der Waals surface area contributed by atoms with E-state index in [4.69, 9.17) is 0 Å². The second-order valence-electron chi connectivity index (χ2n) is 10.2. The first kappa shape index (κ1) is 16.6. The van der Waals surface area contributed by atoms with E-state index in [-0.39, 0.29) is 7.47 Å². The highest BCUT2D eigenvalue weighted by atomic mass is 16.2. The minimum Gasteiger partial charge on any atom is -0.349 e. The van der Waals surface area contributed by atoms with Crippen molar-refractivity contribution in [2.45, 2.75) is 75.3 Å². The van der Waals surface area contributed by atoms with Crippen LogP contribution in [0.2, 0.25) is 0 Å². The van der Waals surface area contributed by atoms with E-state index in [1.165, 1.54) is 57.2 Å². The standard InChI is InChI=1S/C24H32N2O.H2/c27-23(17-7-8-17)25-21-15-24(20-4-2-1-3-19(20)21)9-11-26(12-10-24)22-14-16-5-6-18(22)13-16;/h1-4,16-18,21-22H,5-15H2,(H,25,27);1H/t16-,18-,21+,22-;/m1./s1. The maximum atomic E-state index is 12.4. The number of nitrogens with one attached hydrogen (secondary N) is 1. The molecule has 1 N–H and O–H groups in total. The van der Waals surface area contributed by atoms with Gasteiger partial charge in [-0.15, -0.1) is 0 Å². The van der Waals surface area contributed by atoms with Crippen LogP contribution in [0, 0.1) is 17.8 Å². The molecule has 4 fully saturated rings. The van der Waals surface area contributed by atoms with Crippen LogP contribution < -0.4 is 5.32 Å². The fourth-order valence-electron chi connectivity index (χ4n) is 7.07. The van der Waals surface area contributed by atoms with Crippen LogP contribution in [0.1, 0.15) is 76.4 Å². The molecule has 3 saturated carbocycles. The molecule has 4 aliphatic carbocycles. The summed E-state index contributed by atoms with van der Waals surface area (Å²) in [6, 6.07) is 10.1. The van der Waals surface area contributed by atoms with Gasteiger partial charge in [-0.2, -0.15) is 0 Å². The van der Waals surface area contributed by atoms with E-state index >= 15 is 0 Å². The molecule has 1 amide bonds. The van der Waals surface area contributed by atoms with E-state index in [1.54, 1.807) is 5.56 Å². The van der Waals surface area contributed by atoms with Gasteiger partial charge in [0.2, 0.25) is 5.91 Å². The monoisotopic (exact) mass is 366 g/mol. The summed E-state index contributed by atoms with van der Waals surface area (Å²) >= 11 is 0. The van der Waals surface area contributed by atoms with Crippen molar-refractivity contribution in [3.05, 3.63) is 35.4 Å². The number of hydrogen-bond donors (Lipinski definition) is 1. The third-order valence-electron chi connectivity index (χ3n) is 8.69. The number of amides is 1. The van der Waals surface area contributed by atoms with Gasteiger partial charge < -0.3 is 10.2 Å². The Kier molecular flexibility index (Phi) is 3.73. The predicted molar refractivity (Wildman–Crippen MR) is 109 cm³/mol. The normalized spacial score (nSPS) is 36.9. The van der Waals surface area contributed by atoms with Crippen LogP contribution in [-0.4, -0.2) is 29.9 Å². The lowest BCUT2D eigenvalue weighted by Gasteiger charge is -2.44. The van der Waals surface area contributed by atoms with Gasteiger partial charge in [-0.25, -0.2) is 0 Å². The Balaban J connectivity index is 0.00000171. The van der Waals surface area contributed by atoms with Crippen molar-refractivity contribution in [2.75, 3.05) is 13.1 Å². The summed E-state index contributed by atoms with van der Waals surface area (Å²) in [5.74, 6) is 2.62. The molecule has 0 aromatic heterocycles. The summed E-state index contributed by atoms with van der Waals surface area (Å²) in [5, 5.41) is 3.40. The average molecular weight is 367 g/mol. The van der Waals surface area contributed by atoms with E-state index < -0.39 is 0 Å². The van der Waals surface area contributed by atoms with E-state index in [0.29, 0.717) is 17.2 Å². The molecule has 27 heavy (non-hydrogen) atoms. The zero-order valence-electron chi connectivity index (χ0n) is 16.3. The number of carbonyl (C=O) groups excluding carboxylic acids is 1. The molecule has 1 aliphatic heterocycles. The maximum Gasteiger partial charge on any atom is 0.223 e. The van der Waals surface area contributed by atoms with E-state index in [9.17, 15) is 4.79 Å². The Hall–Kier alpha value is -1.35. The smallest absolute Gasteiger partial charge is 0.223 e. The van der Waals surface area contributed by atoms with Gasteiger partial charge in [0.25, 0.3) is 0 Å². The van der Waals surface area contributed by atoms with Crippen molar-refractivity contribution in [3.8, 4) is 0 Å². The number of rotatable bonds is 3. The minimum atomic E-state index is 0. The molecule has 4 atom stereocenters. The number of nitrogens with zero attached hydrogens (tertiary/aromatic N) is 1. The van der Waals surface area contributed by atoms with Crippen LogP contribution in [0.15, 0.2) is 24.3 Å². The molecule has 3 heteroatoms. The molecule has 1 aromatic carbocycles. The lowest BCUT2D eigenvalue weighted by atomic mass is 9.73. The van der Waals surface area contributed by atoms with Crippen molar-refractivity contribution < 1.29 is 6.22 Å². The van der Waals surface area contributed by atoms with Crippen molar-refractivity contribution in [1.29, 1.82) is 0 Å². The number of likely N-dealkylation sites (tertiary alicyclic amines) is 1.